The van der Waals surface area contributed by atoms with Gasteiger partial charge < -0.3 is 9.47 Å². The Labute approximate surface area is 140 Å². The first kappa shape index (κ1) is 17.2. The molecule has 0 radical (unpaired) electrons. The van der Waals surface area contributed by atoms with E-state index in [0.29, 0.717) is 5.69 Å². The molecule has 1 aromatic rings. The number of nitrogens with one attached hydrogen (secondary N) is 1. The highest BCUT2D eigenvalue weighted by Crippen LogP contribution is 2.23. The van der Waals surface area contributed by atoms with Gasteiger partial charge in [0.05, 0.1) is 13.2 Å². The molecule has 1 saturated heterocycles. The number of amides is 1. The zero-order valence-corrected chi connectivity index (χ0v) is 14.9. The van der Waals surface area contributed by atoms with Crippen LogP contribution in [0.1, 0.15) is 26.3 Å². The van der Waals surface area contributed by atoms with Crippen molar-refractivity contribution in [3.8, 4) is 0 Å². The number of ether oxygens (including phenoxy) is 2. The molecule has 0 aliphatic carbocycles. The van der Waals surface area contributed by atoms with Crippen LogP contribution < -0.4 is 5.32 Å². The van der Waals surface area contributed by atoms with E-state index in [1.54, 1.807) is 0 Å². The van der Waals surface area contributed by atoms with Crippen LogP contribution in [0, 0.1) is 0 Å². The lowest BCUT2D eigenvalue weighted by molar-refractivity contribution is 0.0341. The second-order valence-corrected chi connectivity index (χ2v) is 7.18. The van der Waals surface area contributed by atoms with Gasteiger partial charge in [-0.3, -0.25) is 10.2 Å². The van der Waals surface area contributed by atoms with Gasteiger partial charge in [-0.2, -0.15) is 0 Å². The maximum absolute atomic E-state index is 11.8. The number of halogens is 1. The Morgan fingerprint density at radius 2 is 2.05 bits per heavy atom. The summed E-state index contributed by atoms with van der Waals surface area (Å²) >= 11 is 3.58. The number of benzene rings is 1. The number of hydrogen-bond acceptors (Lipinski definition) is 4. The molecule has 1 fully saturated rings. The minimum Gasteiger partial charge on any atom is -0.444 e. The average molecular weight is 371 g/mol. The van der Waals surface area contributed by atoms with Gasteiger partial charge in [-0.15, -0.1) is 0 Å². The second-order valence-electron chi connectivity index (χ2n) is 6.32. The number of carbonyl (C=O) groups excluding carboxylic acids is 1. The van der Waals surface area contributed by atoms with Crippen LogP contribution in [0.4, 0.5) is 10.5 Å². The van der Waals surface area contributed by atoms with Crippen molar-refractivity contribution in [1.82, 2.24) is 4.90 Å². The Balaban J connectivity index is 1.95. The SMILES string of the molecule is CC(C)(C)OC(=O)Nc1ccc(CN2CCOCC2)c(Br)c1. The third-order valence-electron chi connectivity index (χ3n) is 3.20. The van der Waals surface area contributed by atoms with E-state index >= 15 is 0 Å². The largest absolute Gasteiger partial charge is 0.444 e. The quantitative estimate of drug-likeness (QED) is 0.882. The highest BCUT2D eigenvalue weighted by atomic mass is 79.9. The monoisotopic (exact) mass is 370 g/mol. The lowest BCUT2D eigenvalue weighted by atomic mass is 10.2. The minimum absolute atomic E-state index is 0.444. The van der Waals surface area contributed by atoms with Crippen LogP contribution in [0.5, 0.6) is 0 Å². The number of hydrogen-bond donors (Lipinski definition) is 1. The molecule has 5 nitrogen and oxygen atoms in total. The highest BCUT2D eigenvalue weighted by Gasteiger charge is 2.17. The molecule has 22 heavy (non-hydrogen) atoms. The van der Waals surface area contributed by atoms with Crippen molar-refractivity contribution in [3.63, 3.8) is 0 Å². The first-order valence-corrected chi connectivity index (χ1v) is 8.21. The Kier molecular flexibility index (Phi) is 5.83. The van der Waals surface area contributed by atoms with Crippen LogP contribution in [0.3, 0.4) is 0 Å². The van der Waals surface area contributed by atoms with Crippen LogP contribution in [-0.4, -0.2) is 42.9 Å². The van der Waals surface area contributed by atoms with Gasteiger partial charge in [0.15, 0.2) is 0 Å². The summed E-state index contributed by atoms with van der Waals surface area (Å²) in [5.74, 6) is 0. The molecule has 6 heteroatoms. The normalized spacial score (nSPS) is 16.4. The molecule has 1 aromatic carbocycles. The molecule has 1 amide bonds. The van der Waals surface area contributed by atoms with Crippen LogP contribution in [0.2, 0.25) is 0 Å². The lowest BCUT2D eigenvalue weighted by Gasteiger charge is -2.27. The Bertz CT molecular complexity index is 523. The molecule has 1 heterocycles. The van der Waals surface area contributed by atoms with E-state index in [1.165, 1.54) is 5.56 Å². The Morgan fingerprint density at radius 3 is 2.64 bits per heavy atom. The number of rotatable bonds is 3. The minimum atomic E-state index is -0.502. The van der Waals surface area contributed by atoms with Crippen molar-refractivity contribution < 1.29 is 14.3 Å². The Hall–Kier alpha value is -1.11. The van der Waals surface area contributed by atoms with Gasteiger partial charge >= 0.3 is 6.09 Å². The van der Waals surface area contributed by atoms with E-state index < -0.39 is 11.7 Å². The average Bonchev–Trinajstić information content (AvgIpc) is 2.41. The van der Waals surface area contributed by atoms with Crippen molar-refractivity contribution in [2.24, 2.45) is 0 Å². The maximum atomic E-state index is 11.8. The van der Waals surface area contributed by atoms with E-state index in [4.69, 9.17) is 9.47 Å². The summed E-state index contributed by atoms with van der Waals surface area (Å²) < 4.78 is 11.6. The van der Waals surface area contributed by atoms with Gasteiger partial charge in [0, 0.05) is 29.8 Å². The van der Waals surface area contributed by atoms with Gasteiger partial charge in [0.1, 0.15) is 5.60 Å². The summed E-state index contributed by atoms with van der Waals surface area (Å²) in [6, 6.07) is 5.82. The molecule has 2 rings (SSSR count). The molecule has 1 N–H and O–H groups in total. The smallest absolute Gasteiger partial charge is 0.412 e. The van der Waals surface area contributed by atoms with Gasteiger partial charge in [-0.25, -0.2) is 4.79 Å². The number of anilines is 1. The molecule has 0 unspecified atom stereocenters. The third kappa shape index (κ3) is 5.59. The fourth-order valence-corrected chi connectivity index (χ4v) is 2.68. The highest BCUT2D eigenvalue weighted by molar-refractivity contribution is 9.10. The summed E-state index contributed by atoms with van der Waals surface area (Å²) in [6.45, 7) is 9.87. The lowest BCUT2D eigenvalue weighted by Crippen LogP contribution is -2.35. The van der Waals surface area contributed by atoms with Crippen LogP contribution in [0.25, 0.3) is 0 Å². The molecule has 0 atom stereocenters. The maximum Gasteiger partial charge on any atom is 0.412 e. The van der Waals surface area contributed by atoms with Crippen molar-refractivity contribution >= 4 is 27.7 Å². The zero-order chi connectivity index (χ0) is 16.2. The predicted octanol–water partition coefficient (Wildman–Crippen LogP) is 3.63. The number of nitrogens with zero attached hydrogens (tertiary/aromatic N) is 1. The molecule has 0 bridgehead atoms. The van der Waals surface area contributed by atoms with E-state index in [9.17, 15) is 4.79 Å². The molecule has 0 spiro atoms. The zero-order valence-electron chi connectivity index (χ0n) is 13.3. The fraction of sp³-hybridized carbons (Fsp3) is 0.562. The van der Waals surface area contributed by atoms with E-state index in [0.717, 1.165) is 37.3 Å². The second kappa shape index (κ2) is 7.44. The molecule has 0 saturated carbocycles. The third-order valence-corrected chi connectivity index (χ3v) is 3.93. The van der Waals surface area contributed by atoms with Crippen molar-refractivity contribution in [3.05, 3.63) is 28.2 Å². The van der Waals surface area contributed by atoms with Gasteiger partial charge in [-0.1, -0.05) is 22.0 Å². The van der Waals surface area contributed by atoms with Crippen LogP contribution in [-0.2, 0) is 16.0 Å². The molecule has 1 aliphatic heterocycles. The first-order chi connectivity index (χ1) is 10.3. The number of carbonyl (C=O) groups is 1. The molecule has 0 aromatic heterocycles. The predicted molar refractivity (Wildman–Crippen MR) is 90.1 cm³/mol. The summed E-state index contributed by atoms with van der Waals surface area (Å²) in [6.07, 6.45) is -0.444. The van der Waals surface area contributed by atoms with Gasteiger partial charge in [0.25, 0.3) is 0 Å². The van der Waals surface area contributed by atoms with E-state index in [2.05, 4.69) is 26.1 Å². The topological polar surface area (TPSA) is 50.8 Å². The van der Waals surface area contributed by atoms with Gasteiger partial charge in [0.2, 0.25) is 0 Å². The van der Waals surface area contributed by atoms with Crippen molar-refractivity contribution in [2.75, 3.05) is 31.6 Å². The standard InChI is InChI=1S/C16H23BrN2O3/c1-16(2,3)22-15(20)18-13-5-4-12(14(17)10-13)11-19-6-8-21-9-7-19/h4-5,10H,6-9,11H2,1-3H3,(H,18,20). The van der Waals surface area contributed by atoms with Gasteiger partial charge in [-0.05, 0) is 38.5 Å². The number of morpholine rings is 1. The summed E-state index contributed by atoms with van der Waals surface area (Å²) in [7, 11) is 0. The van der Waals surface area contributed by atoms with Crippen molar-refractivity contribution in [2.45, 2.75) is 32.9 Å². The van der Waals surface area contributed by atoms with Crippen LogP contribution in [0.15, 0.2) is 22.7 Å². The molecule has 122 valence electrons. The molecular weight excluding hydrogens is 348 g/mol. The molecular formula is C16H23BrN2O3. The van der Waals surface area contributed by atoms with Crippen molar-refractivity contribution in [1.29, 1.82) is 0 Å². The fourth-order valence-electron chi connectivity index (χ4n) is 2.17. The Morgan fingerprint density at radius 1 is 1.36 bits per heavy atom. The summed E-state index contributed by atoms with van der Waals surface area (Å²) in [4.78, 5) is 14.1. The van der Waals surface area contributed by atoms with E-state index in [1.807, 2.05) is 39.0 Å². The van der Waals surface area contributed by atoms with E-state index in [-0.39, 0.29) is 0 Å². The first-order valence-electron chi connectivity index (χ1n) is 7.42. The summed E-state index contributed by atoms with van der Waals surface area (Å²) in [5.41, 5.74) is 1.40. The summed E-state index contributed by atoms with van der Waals surface area (Å²) in [5, 5.41) is 2.75. The van der Waals surface area contributed by atoms with Crippen LogP contribution >= 0.6 is 15.9 Å². The molecule has 1 aliphatic rings.